The highest BCUT2D eigenvalue weighted by molar-refractivity contribution is 6.04. The second-order valence-electron chi connectivity index (χ2n) is 23.8. The molecule has 428 valence electrons. The minimum Gasteiger partial charge on any atom is -0.508 e. The zero-order valence-electron chi connectivity index (χ0n) is 45.9. The van der Waals surface area contributed by atoms with Gasteiger partial charge in [0.05, 0.1) is 46.4 Å². The van der Waals surface area contributed by atoms with E-state index < -0.39 is 40.5 Å². The molecule has 0 aliphatic carbocycles. The van der Waals surface area contributed by atoms with E-state index >= 15 is 17.6 Å². The summed E-state index contributed by atoms with van der Waals surface area (Å²) >= 11 is 0. The highest BCUT2D eigenvalue weighted by atomic mass is 19.2. The van der Waals surface area contributed by atoms with E-state index in [2.05, 4.69) is 25.1 Å². The van der Waals surface area contributed by atoms with E-state index in [0.29, 0.717) is 97.5 Å². The van der Waals surface area contributed by atoms with Gasteiger partial charge in [0.25, 0.3) is 0 Å². The molecule has 4 atom stereocenters. The average molecular weight is 1120 g/mol. The van der Waals surface area contributed by atoms with Gasteiger partial charge in [0.1, 0.15) is 53.1 Å². The quantitative estimate of drug-likeness (QED) is 0.0927. The van der Waals surface area contributed by atoms with Crippen LogP contribution >= 0.6 is 0 Å². The molecular formula is C60H68F4N10O7. The predicted molar refractivity (Wildman–Crippen MR) is 295 cm³/mol. The molecule has 6 fully saturated rings. The van der Waals surface area contributed by atoms with Gasteiger partial charge in [-0.15, -0.1) is 0 Å². The first-order valence-electron chi connectivity index (χ1n) is 29.0. The van der Waals surface area contributed by atoms with Gasteiger partial charge in [-0.3, -0.25) is 24.5 Å². The molecule has 10 heterocycles. The van der Waals surface area contributed by atoms with Gasteiger partial charge in [-0.05, 0) is 143 Å². The van der Waals surface area contributed by atoms with E-state index in [4.69, 9.17) is 29.2 Å². The largest absolute Gasteiger partial charge is 0.508 e. The van der Waals surface area contributed by atoms with Crippen LogP contribution in [0.2, 0.25) is 0 Å². The SMILES string of the molecule is CCc1c(F)ccc2cc(O)cc(-c3nc4c5c(nc(OC[C@@]67CCCN6[C@H](COC(=O)N6CCC(F)(CC8(F)CCN(c9ccc%10c(C%11CCC(=O)NC%11=O)nn(C)c%10c9)CC8)CC6)CC7)nc5c3F)N3CCCOC[C@@H]3CC4)c12. The van der Waals surface area contributed by atoms with E-state index in [1.54, 1.807) is 16.8 Å². The number of hydrogen-bond donors (Lipinski definition) is 2. The second kappa shape index (κ2) is 20.8. The third-order valence-electron chi connectivity index (χ3n) is 18.9. The average Bonchev–Trinajstić information content (AvgIpc) is 4.06. The Hall–Kier alpha value is -6.87. The van der Waals surface area contributed by atoms with Crippen LogP contribution in [0.3, 0.4) is 0 Å². The molecule has 1 unspecified atom stereocenters. The Balaban J connectivity index is 0.650. The first-order valence-corrected chi connectivity index (χ1v) is 29.0. The highest BCUT2D eigenvalue weighted by Crippen LogP contribution is 2.47. The van der Waals surface area contributed by atoms with Crippen LogP contribution in [-0.2, 0) is 39.0 Å². The van der Waals surface area contributed by atoms with Crippen LogP contribution in [0.5, 0.6) is 11.8 Å². The third-order valence-corrected chi connectivity index (χ3v) is 18.9. The summed E-state index contributed by atoms with van der Waals surface area (Å²) < 4.78 is 86.5. The lowest BCUT2D eigenvalue weighted by atomic mass is 9.78. The minimum absolute atomic E-state index is 0.0144. The standard InChI is InChI=1S/C60H68F4N10O7/c1-3-40-44(61)11-6-35-28-39(75)30-43(48(35)40)52-50(62)53-49-45(65-52)12-8-37-31-79-27-5-21-73(37)54(49)68-56(67-53)81-34-60-15-4-22-74(60)38(14-16-60)32-80-57(78)72-25-19-59(64,20-26-72)33-58(63)17-23-71(24-18-58)36-7-9-41-46(29-36)70(2)69-51(41)42-10-13-47(76)66-55(42)77/h6-7,9,11,28-30,37-38,42,75H,3-5,8,10,12-27,31-34H2,1-2H3,(H,66,76,77)/t37-,38-,42?,60-/m0/s1. The number of aryl methyl sites for hydroxylation is 3. The molecule has 7 aliphatic heterocycles. The number of rotatable bonds is 11. The number of pyridine rings is 1. The third kappa shape index (κ3) is 9.72. The number of nitrogens with one attached hydrogen (secondary N) is 1. The number of ether oxygens (including phenoxy) is 3. The number of aromatic hydroxyl groups is 1. The van der Waals surface area contributed by atoms with Crippen LogP contribution in [0.4, 0.5) is 33.9 Å². The first kappa shape index (κ1) is 53.4. The second-order valence-corrected chi connectivity index (χ2v) is 23.8. The van der Waals surface area contributed by atoms with Crippen molar-refractivity contribution in [3.63, 3.8) is 0 Å². The Morgan fingerprint density at radius 2 is 1.68 bits per heavy atom. The van der Waals surface area contributed by atoms with Gasteiger partial charge >= 0.3 is 12.1 Å². The molecule has 17 nitrogen and oxygen atoms in total. The number of amides is 3. The van der Waals surface area contributed by atoms with Crippen molar-refractivity contribution in [1.29, 1.82) is 0 Å². The van der Waals surface area contributed by atoms with Crippen molar-refractivity contribution in [2.75, 3.05) is 75.5 Å². The maximum Gasteiger partial charge on any atom is 0.409 e. The van der Waals surface area contributed by atoms with Gasteiger partial charge in [0.15, 0.2) is 5.82 Å². The topological polar surface area (TPSA) is 181 Å². The number of anilines is 2. The number of alkyl halides is 2. The maximum atomic E-state index is 17.6. The van der Waals surface area contributed by atoms with E-state index in [9.17, 15) is 19.5 Å². The summed E-state index contributed by atoms with van der Waals surface area (Å²) in [7, 11) is 1.81. The molecule has 21 heteroatoms. The zero-order chi connectivity index (χ0) is 56.0. The van der Waals surface area contributed by atoms with E-state index in [1.165, 1.54) is 17.0 Å². The molecule has 2 N–H and O–H groups in total. The van der Waals surface area contributed by atoms with Crippen molar-refractivity contribution in [3.05, 3.63) is 71.1 Å². The number of imide groups is 1. The predicted octanol–water partition coefficient (Wildman–Crippen LogP) is 9.05. The number of likely N-dealkylation sites (tertiary alicyclic amines) is 1. The molecule has 0 bridgehead atoms. The van der Waals surface area contributed by atoms with Gasteiger partial charge in [-0.2, -0.15) is 15.1 Å². The van der Waals surface area contributed by atoms with Crippen LogP contribution < -0.4 is 19.9 Å². The van der Waals surface area contributed by atoms with Crippen molar-refractivity contribution >= 4 is 62.0 Å². The summed E-state index contributed by atoms with van der Waals surface area (Å²) in [6, 6.07) is 11.7. The number of halogens is 4. The number of aromatic nitrogens is 5. The number of piperidine rings is 3. The number of carbonyl (C=O) groups is 3. The molecule has 3 aromatic heterocycles. The molecule has 6 aromatic rings. The number of hydrogen-bond acceptors (Lipinski definition) is 14. The minimum atomic E-state index is -1.77. The van der Waals surface area contributed by atoms with Crippen LogP contribution in [0.15, 0.2) is 42.5 Å². The molecule has 0 radical (unpaired) electrons. The Morgan fingerprint density at radius 3 is 2.47 bits per heavy atom. The summed E-state index contributed by atoms with van der Waals surface area (Å²) in [6.07, 6.45) is 5.72. The molecule has 6 saturated heterocycles. The lowest BCUT2D eigenvalue weighted by molar-refractivity contribution is -0.134. The summed E-state index contributed by atoms with van der Waals surface area (Å²) in [5, 5.41) is 20.3. The van der Waals surface area contributed by atoms with Gasteiger partial charge in [0.2, 0.25) is 11.8 Å². The lowest BCUT2D eigenvalue weighted by Gasteiger charge is -2.43. The van der Waals surface area contributed by atoms with Crippen molar-refractivity contribution in [2.45, 2.75) is 138 Å². The maximum absolute atomic E-state index is 17.6. The summed E-state index contributed by atoms with van der Waals surface area (Å²) in [5.74, 6) is -1.85. The summed E-state index contributed by atoms with van der Waals surface area (Å²) in [4.78, 5) is 61.0. The number of nitrogens with zero attached hydrogens (tertiary/aromatic N) is 9. The number of carbonyl (C=O) groups excluding carboxylic acids is 3. The summed E-state index contributed by atoms with van der Waals surface area (Å²) in [5.41, 5.74) is -0.253. The van der Waals surface area contributed by atoms with Gasteiger partial charge in [0, 0.05) is 81.9 Å². The number of phenolic OH excluding ortho intramolecular Hbond substituents is 1. The van der Waals surface area contributed by atoms with E-state index in [-0.39, 0.29) is 117 Å². The van der Waals surface area contributed by atoms with Crippen molar-refractivity contribution in [2.24, 2.45) is 7.05 Å². The number of phenols is 1. The Morgan fingerprint density at radius 1 is 0.877 bits per heavy atom. The van der Waals surface area contributed by atoms with E-state index in [1.807, 2.05) is 32.2 Å². The van der Waals surface area contributed by atoms with Crippen LogP contribution in [0.25, 0.3) is 43.8 Å². The molecular weight excluding hydrogens is 1050 g/mol. The summed E-state index contributed by atoms with van der Waals surface area (Å²) in [6.45, 7) is 5.69. The van der Waals surface area contributed by atoms with E-state index in [0.717, 1.165) is 55.2 Å². The monoisotopic (exact) mass is 1120 g/mol. The van der Waals surface area contributed by atoms with Crippen LogP contribution in [0, 0.1) is 11.6 Å². The fourth-order valence-corrected chi connectivity index (χ4v) is 14.6. The number of benzene rings is 3. The molecule has 13 rings (SSSR count). The fourth-order valence-electron chi connectivity index (χ4n) is 14.6. The van der Waals surface area contributed by atoms with Gasteiger partial charge in [-0.25, -0.2) is 27.3 Å². The normalized spacial score (nSPS) is 24.8. The van der Waals surface area contributed by atoms with Crippen molar-refractivity contribution in [1.82, 2.24) is 39.8 Å². The Kier molecular flexibility index (Phi) is 13.7. The molecule has 7 aliphatic rings. The van der Waals surface area contributed by atoms with Crippen molar-refractivity contribution in [3.8, 4) is 23.0 Å². The zero-order valence-corrected chi connectivity index (χ0v) is 45.9. The Labute approximate surface area is 466 Å². The first-order chi connectivity index (χ1) is 39.1. The smallest absolute Gasteiger partial charge is 0.409 e. The molecule has 3 amide bonds. The van der Waals surface area contributed by atoms with Crippen LogP contribution in [0.1, 0.15) is 113 Å². The Bertz CT molecular complexity index is 3490. The van der Waals surface area contributed by atoms with Gasteiger partial charge in [-0.1, -0.05) is 13.0 Å². The lowest BCUT2D eigenvalue weighted by Crippen LogP contribution is -2.51. The van der Waals surface area contributed by atoms with Crippen molar-refractivity contribution < 1.29 is 51.3 Å². The molecule has 0 saturated carbocycles. The molecule has 81 heavy (non-hydrogen) atoms. The van der Waals surface area contributed by atoms with Gasteiger partial charge < -0.3 is 34.0 Å². The highest BCUT2D eigenvalue weighted by Gasteiger charge is 2.51. The van der Waals surface area contributed by atoms with Crippen LogP contribution in [-0.4, -0.2) is 152 Å². The molecule has 0 spiro atoms. The fraction of sp³-hybridized carbons (Fsp3) is 0.550. The molecule has 3 aromatic carbocycles. The number of fused-ring (bicyclic) bond motifs is 5.